The highest BCUT2D eigenvalue weighted by Gasteiger charge is 2.25. The molecule has 0 fully saturated rings. The first kappa shape index (κ1) is 11.8. The van der Waals surface area contributed by atoms with Gasteiger partial charge in [-0.15, -0.1) is 0 Å². The fourth-order valence-corrected chi connectivity index (χ4v) is 2.56. The maximum atomic E-state index is 10.8. The van der Waals surface area contributed by atoms with E-state index in [9.17, 15) is 9.90 Å². The molecule has 17 heavy (non-hydrogen) atoms. The van der Waals surface area contributed by atoms with Gasteiger partial charge in [-0.2, -0.15) is 0 Å². The van der Waals surface area contributed by atoms with Gasteiger partial charge in [0.05, 0.1) is 5.69 Å². The van der Waals surface area contributed by atoms with E-state index in [0.717, 1.165) is 24.8 Å². The van der Waals surface area contributed by atoms with Crippen LogP contribution in [0.4, 0.5) is 5.69 Å². The fraction of sp³-hybridized carbons (Fsp3) is 0.462. The zero-order chi connectivity index (χ0) is 12.4. The number of carbonyl (C=O) groups excluding carboxylic acids is 1. The van der Waals surface area contributed by atoms with Crippen LogP contribution < -0.4 is 11.1 Å². The van der Waals surface area contributed by atoms with Gasteiger partial charge >= 0.3 is 0 Å². The Kier molecular flexibility index (Phi) is 3.22. The Bertz CT molecular complexity index is 443. The van der Waals surface area contributed by atoms with E-state index in [0.29, 0.717) is 18.2 Å². The van der Waals surface area contributed by atoms with E-state index in [1.165, 1.54) is 12.5 Å². The van der Waals surface area contributed by atoms with Crippen LogP contribution in [0.25, 0.3) is 0 Å². The van der Waals surface area contributed by atoms with Gasteiger partial charge in [-0.3, -0.25) is 4.79 Å². The summed E-state index contributed by atoms with van der Waals surface area (Å²) in [5, 5.41) is 12.4. The van der Waals surface area contributed by atoms with Crippen molar-refractivity contribution in [1.82, 2.24) is 5.32 Å². The summed E-state index contributed by atoms with van der Waals surface area (Å²) in [7, 11) is 0. The minimum absolute atomic E-state index is 0.00731. The van der Waals surface area contributed by atoms with Gasteiger partial charge in [0.1, 0.15) is 5.75 Å². The van der Waals surface area contributed by atoms with Crippen LogP contribution in [0.3, 0.4) is 0 Å². The number of rotatable bonds is 3. The average molecular weight is 234 g/mol. The Hall–Kier alpha value is -1.71. The minimum Gasteiger partial charge on any atom is -0.506 e. The summed E-state index contributed by atoms with van der Waals surface area (Å²) >= 11 is 0. The first-order valence-electron chi connectivity index (χ1n) is 5.94. The number of benzene rings is 1. The number of carbonyl (C=O) groups is 1. The van der Waals surface area contributed by atoms with Crippen molar-refractivity contribution in [3.63, 3.8) is 0 Å². The fourth-order valence-electron chi connectivity index (χ4n) is 2.56. The first-order valence-corrected chi connectivity index (χ1v) is 5.94. The van der Waals surface area contributed by atoms with Gasteiger partial charge in [0, 0.05) is 13.5 Å². The van der Waals surface area contributed by atoms with Crippen LogP contribution in [0, 0.1) is 0 Å². The van der Waals surface area contributed by atoms with Gasteiger partial charge in [-0.05, 0) is 42.4 Å². The highest BCUT2D eigenvalue weighted by Crippen LogP contribution is 2.42. The molecule has 1 unspecified atom stereocenters. The molecule has 4 N–H and O–H groups in total. The third kappa shape index (κ3) is 2.35. The number of nitrogens with two attached hydrogens (primary N) is 1. The SMILES string of the molecule is CC(=O)NCCC1CCc2ccc(O)c(N)c21. The number of hydrogen-bond acceptors (Lipinski definition) is 3. The highest BCUT2D eigenvalue weighted by atomic mass is 16.3. The number of aryl methyl sites for hydroxylation is 1. The zero-order valence-electron chi connectivity index (χ0n) is 9.99. The number of aromatic hydroxyl groups is 1. The van der Waals surface area contributed by atoms with Gasteiger partial charge < -0.3 is 16.2 Å². The van der Waals surface area contributed by atoms with E-state index in [1.54, 1.807) is 6.07 Å². The van der Waals surface area contributed by atoms with E-state index in [1.807, 2.05) is 6.07 Å². The summed E-state index contributed by atoms with van der Waals surface area (Å²) in [4.78, 5) is 10.8. The molecule has 1 aliphatic carbocycles. The van der Waals surface area contributed by atoms with Crippen molar-refractivity contribution in [2.75, 3.05) is 12.3 Å². The number of anilines is 1. The molecule has 0 bridgehead atoms. The smallest absolute Gasteiger partial charge is 0.216 e. The van der Waals surface area contributed by atoms with Crippen LogP contribution in [-0.2, 0) is 11.2 Å². The van der Waals surface area contributed by atoms with Gasteiger partial charge in [0.15, 0.2) is 0 Å². The molecule has 2 rings (SSSR count). The standard InChI is InChI=1S/C13H18N2O2/c1-8(16)15-7-6-10-3-2-9-4-5-11(17)13(14)12(9)10/h4-5,10,17H,2-3,6-7,14H2,1H3,(H,15,16). The number of phenols is 1. The van der Waals surface area contributed by atoms with Crippen molar-refractivity contribution in [2.45, 2.75) is 32.1 Å². The number of fused-ring (bicyclic) bond motifs is 1. The maximum absolute atomic E-state index is 10.8. The molecule has 0 aromatic heterocycles. The molecule has 1 amide bonds. The maximum Gasteiger partial charge on any atom is 0.216 e. The molecule has 1 aromatic rings. The molecule has 1 atom stereocenters. The van der Waals surface area contributed by atoms with Crippen molar-refractivity contribution < 1.29 is 9.90 Å². The summed E-state index contributed by atoms with van der Waals surface area (Å²) in [6.07, 6.45) is 2.92. The summed E-state index contributed by atoms with van der Waals surface area (Å²) in [6.45, 7) is 2.18. The quantitative estimate of drug-likeness (QED) is 0.548. The van der Waals surface area contributed by atoms with Crippen molar-refractivity contribution >= 4 is 11.6 Å². The van der Waals surface area contributed by atoms with Gasteiger partial charge in [0.2, 0.25) is 5.91 Å². The molecule has 1 aromatic carbocycles. The van der Waals surface area contributed by atoms with Crippen molar-refractivity contribution in [2.24, 2.45) is 0 Å². The molecule has 0 saturated heterocycles. The average Bonchev–Trinajstić information content (AvgIpc) is 2.67. The number of nitrogen functional groups attached to an aromatic ring is 1. The molecule has 0 spiro atoms. The lowest BCUT2D eigenvalue weighted by Gasteiger charge is -2.14. The number of phenolic OH excluding ortho intramolecular Hbond substituents is 1. The molecule has 4 heteroatoms. The van der Waals surface area contributed by atoms with Crippen LogP contribution in [0.2, 0.25) is 0 Å². The molecule has 0 saturated carbocycles. The molecule has 0 radical (unpaired) electrons. The van der Waals surface area contributed by atoms with Crippen LogP contribution in [0.1, 0.15) is 36.8 Å². The summed E-state index contributed by atoms with van der Waals surface area (Å²) < 4.78 is 0. The van der Waals surface area contributed by atoms with Crippen LogP contribution in [-0.4, -0.2) is 17.6 Å². The molecule has 92 valence electrons. The molecule has 0 aliphatic heterocycles. The Morgan fingerprint density at radius 2 is 2.35 bits per heavy atom. The Morgan fingerprint density at radius 3 is 3.06 bits per heavy atom. The number of amides is 1. The second kappa shape index (κ2) is 4.65. The molecule has 4 nitrogen and oxygen atoms in total. The minimum atomic E-state index is -0.00731. The van der Waals surface area contributed by atoms with E-state index in [2.05, 4.69) is 5.32 Å². The lowest BCUT2D eigenvalue weighted by molar-refractivity contribution is -0.118. The van der Waals surface area contributed by atoms with E-state index in [-0.39, 0.29) is 11.7 Å². The molecular formula is C13H18N2O2. The topological polar surface area (TPSA) is 75.3 Å². The summed E-state index contributed by atoms with van der Waals surface area (Å²) in [5.41, 5.74) is 8.73. The van der Waals surface area contributed by atoms with Crippen LogP contribution in [0.15, 0.2) is 12.1 Å². The Labute approximate surface area is 101 Å². The lowest BCUT2D eigenvalue weighted by Crippen LogP contribution is -2.22. The number of nitrogens with one attached hydrogen (secondary N) is 1. The lowest BCUT2D eigenvalue weighted by atomic mass is 9.96. The monoisotopic (exact) mass is 234 g/mol. The van der Waals surface area contributed by atoms with Crippen LogP contribution in [0.5, 0.6) is 5.75 Å². The summed E-state index contributed by atoms with van der Waals surface area (Å²) in [5.74, 6) is 0.506. The Morgan fingerprint density at radius 1 is 1.59 bits per heavy atom. The van der Waals surface area contributed by atoms with Crippen molar-refractivity contribution in [3.8, 4) is 5.75 Å². The van der Waals surface area contributed by atoms with E-state index >= 15 is 0 Å². The van der Waals surface area contributed by atoms with E-state index < -0.39 is 0 Å². The molecule has 0 heterocycles. The predicted octanol–water partition coefficient (Wildman–Crippen LogP) is 1.53. The van der Waals surface area contributed by atoms with Crippen LogP contribution >= 0.6 is 0 Å². The molecule has 1 aliphatic rings. The second-order valence-corrected chi connectivity index (χ2v) is 4.58. The third-order valence-electron chi connectivity index (χ3n) is 3.39. The third-order valence-corrected chi connectivity index (χ3v) is 3.39. The predicted molar refractivity (Wildman–Crippen MR) is 66.9 cm³/mol. The van der Waals surface area contributed by atoms with Crippen molar-refractivity contribution in [3.05, 3.63) is 23.3 Å². The van der Waals surface area contributed by atoms with Gasteiger partial charge in [0.25, 0.3) is 0 Å². The largest absolute Gasteiger partial charge is 0.506 e. The number of hydrogen-bond donors (Lipinski definition) is 3. The normalized spacial score (nSPS) is 17.8. The second-order valence-electron chi connectivity index (χ2n) is 4.58. The van der Waals surface area contributed by atoms with E-state index in [4.69, 9.17) is 5.73 Å². The van der Waals surface area contributed by atoms with Gasteiger partial charge in [-0.25, -0.2) is 0 Å². The van der Waals surface area contributed by atoms with Gasteiger partial charge in [-0.1, -0.05) is 6.07 Å². The highest BCUT2D eigenvalue weighted by molar-refractivity contribution is 5.72. The van der Waals surface area contributed by atoms with Crippen molar-refractivity contribution in [1.29, 1.82) is 0 Å². The Balaban J connectivity index is 2.10. The molecular weight excluding hydrogens is 216 g/mol. The summed E-state index contributed by atoms with van der Waals surface area (Å²) in [6, 6.07) is 3.60. The zero-order valence-corrected chi connectivity index (χ0v) is 9.99. The first-order chi connectivity index (χ1) is 8.09.